The molecule has 0 unspecified atom stereocenters. The van der Waals surface area contributed by atoms with Crippen LogP contribution in [-0.4, -0.2) is 0 Å². The van der Waals surface area contributed by atoms with Crippen LogP contribution in [0.2, 0.25) is 0 Å². The summed E-state index contributed by atoms with van der Waals surface area (Å²) in [7, 11) is 0. The average Bonchev–Trinajstić information content (AvgIpc) is 2.99. The van der Waals surface area contributed by atoms with Gasteiger partial charge in [0.15, 0.2) is 16.7 Å². The molecule has 0 atom stereocenters. The Hall–Kier alpha value is -10.2. The number of para-hydroxylation sites is 7. The fraction of sp³-hybridized carbons (Fsp3) is 0.0141. The standard InChI is InChI=1S/C71H40F2N2O3/c72-54-29-8-10-31-57(54)74(59-33-16-23-45-43-20-3-12-35-62(43)76-68(45)59)56-39-38-49-65-47(56)25-15-28-52(65)71(50-26-6-1-18-41(50)42-19-2-7-27-51(42)71)53-40-61(70-67(66(49)53)48-22-5-14-37-64(48)78-70)75(58-32-11-9-30-55(58)73)60-34-17-24-46-44-21-4-13-36-63(44)77-69(46)60/h1-40H. The topological polar surface area (TPSA) is 45.9 Å². The monoisotopic (exact) mass is 1010 g/mol. The highest BCUT2D eigenvalue weighted by atomic mass is 19.1. The molecule has 3 aromatic heterocycles. The van der Waals surface area contributed by atoms with Gasteiger partial charge in [-0.2, -0.15) is 0 Å². The number of rotatable bonds is 6. The Morgan fingerprint density at radius 2 is 0.718 bits per heavy atom. The number of benzene rings is 12. The second kappa shape index (κ2) is 15.9. The molecule has 2 aliphatic carbocycles. The van der Waals surface area contributed by atoms with E-state index in [1.54, 1.807) is 12.1 Å². The van der Waals surface area contributed by atoms with Crippen LogP contribution in [0.3, 0.4) is 0 Å². The first-order valence-electron chi connectivity index (χ1n) is 26.2. The molecule has 0 bridgehead atoms. The van der Waals surface area contributed by atoms with Crippen LogP contribution >= 0.6 is 0 Å². The normalized spacial score (nSPS) is 13.1. The van der Waals surface area contributed by atoms with Crippen LogP contribution in [0, 0.1) is 11.6 Å². The highest BCUT2D eigenvalue weighted by Gasteiger charge is 2.51. The fourth-order valence-corrected chi connectivity index (χ4v) is 13.6. The van der Waals surface area contributed by atoms with E-state index in [-0.39, 0.29) is 5.82 Å². The Morgan fingerprint density at radius 3 is 1.32 bits per heavy atom. The molecule has 1 spiro atoms. The van der Waals surface area contributed by atoms with Crippen molar-refractivity contribution < 1.29 is 22.0 Å². The van der Waals surface area contributed by atoms with Gasteiger partial charge in [0, 0.05) is 37.7 Å². The first kappa shape index (κ1) is 43.0. The zero-order valence-electron chi connectivity index (χ0n) is 41.5. The molecule has 78 heavy (non-hydrogen) atoms. The number of halogens is 2. The molecule has 2 aliphatic rings. The van der Waals surface area contributed by atoms with Crippen molar-refractivity contribution in [3.8, 4) is 22.3 Å². The molecule has 5 nitrogen and oxygen atoms in total. The van der Waals surface area contributed by atoms with Gasteiger partial charge in [-0.25, -0.2) is 8.78 Å². The zero-order valence-corrected chi connectivity index (χ0v) is 41.5. The maximum atomic E-state index is 17.2. The van der Waals surface area contributed by atoms with Crippen LogP contribution in [0.4, 0.5) is 42.9 Å². The minimum atomic E-state index is -0.956. The molecule has 0 saturated carbocycles. The van der Waals surface area contributed by atoms with Crippen molar-refractivity contribution >= 4 is 111 Å². The van der Waals surface area contributed by atoms with Gasteiger partial charge < -0.3 is 23.1 Å². The van der Waals surface area contributed by atoms with E-state index < -0.39 is 11.2 Å². The summed E-state index contributed by atoms with van der Waals surface area (Å²) in [6, 6.07) is 80.9. The van der Waals surface area contributed by atoms with Gasteiger partial charge in [-0.3, -0.25) is 0 Å². The average molecular weight is 1010 g/mol. The highest BCUT2D eigenvalue weighted by molar-refractivity contribution is 6.25. The summed E-state index contributed by atoms with van der Waals surface area (Å²) in [5.74, 6) is -0.775. The van der Waals surface area contributed by atoms with Crippen LogP contribution < -0.4 is 9.80 Å². The molecule has 0 radical (unpaired) electrons. The number of furan rings is 3. The van der Waals surface area contributed by atoms with Crippen LogP contribution in [0.25, 0.3) is 98.8 Å². The Morgan fingerprint density at radius 1 is 0.282 bits per heavy atom. The zero-order chi connectivity index (χ0) is 51.4. The van der Waals surface area contributed by atoms with Gasteiger partial charge in [-0.05, 0) is 117 Å². The SMILES string of the molecule is Fc1ccccc1N(c1ccc2c3c(cccc13)C1(c3ccccc3-c3ccccc31)c1cc(N(c3ccccc3F)c3cccc4c3oc3ccccc34)c3oc4ccccc4c3c1-2)c1cccc2c1oc1ccccc12. The third kappa shape index (κ3) is 5.61. The molecule has 366 valence electrons. The maximum Gasteiger partial charge on any atom is 0.160 e. The van der Waals surface area contributed by atoms with E-state index in [4.69, 9.17) is 13.3 Å². The largest absolute Gasteiger partial charge is 0.454 e. The van der Waals surface area contributed by atoms with Crippen LogP contribution in [-0.2, 0) is 5.41 Å². The molecule has 12 aromatic carbocycles. The lowest BCUT2D eigenvalue weighted by atomic mass is 9.60. The van der Waals surface area contributed by atoms with E-state index in [2.05, 4.69) is 121 Å². The smallest absolute Gasteiger partial charge is 0.160 e. The van der Waals surface area contributed by atoms with Gasteiger partial charge >= 0.3 is 0 Å². The van der Waals surface area contributed by atoms with E-state index in [9.17, 15) is 0 Å². The summed E-state index contributed by atoms with van der Waals surface area (Å²) in [6.07, 6.45) is 0. The van der Waals surface area contributed by atoms with Crippen LogP contribution in [0.15, 0.2) is 256 Å². The number of hydrogen-bond acceptors (Lipinski definition) is 5. The molecule has 7 heteroatoms. The summed E-state index contributed by atoms with van der Waals surface area (Å²) in [4.78, 5) is 4.02. The summed E-state index contributed by atoms with van der Waals surface area (Å²) in [5.41, 5.74) is 15.1. The fourth-order valence-electron chi connectivity index (χ4n) is 13.6. The first-order valence-corrected chi connectivity index (χ1v) is 26.2. The number of nitrogens with zero attached hydrogens (tertiary/aromatic N) is 2. The molecular weight excluding hydrogens is 967 g/mol. The molecular formula is C71H40F2N2O3. The van der Waals surface area contributed by atoms with E-state index >= 15 is 8.78 Å². The Kier molecular flexibility index (Phi) is 8.77. The predicted octanol–water partition coefficient (Wildman–Crippen LogP) is 20.1. The van der Waals surface area contributed by atoms with Gasteiger partial charge in [-0.1, -0.05) is 176 Å². The van der Waals surface area contributed by atoms with Crippen molar-refractivity contribution in [2.75, 3.05) is 9.80 Å². The number of hydrogen-bond donors (Lipinski definition) is 0. The molecule has 0 saturated heterocycles. The maximum absolute atomic E-state index is 17.2. The second-order valence-electron chi connectivity index (χ2n) is 20.4. The van der Waals surface area contributed by atoms with Gasteiger partial charge in [0.2, 0.25) is 0 Å². The predicted molar refractivity (Wildman–Crippen MR) is 311 cm³/mol. The highest BCUT2D eigenvalue weighted by Crippen LogP contribution is 2.65. The Labute approximate surface area is 444 Å². The summed E-state index contributed by atoms with van der Waals surface area (Å²) >= 11 is 0. The minimum absolute atomic E-state index is 0.337. The summed E-state index contributed by atoms with van der Waals surface area (Å²) < 4.78 is 54.9. The Balaban J connectivity index is 1.05. The lowest BCUT2D eigenvalue weighted by Crippen LogP contribution is -2.32. The van der Waals surface area contributed by atoms with Crippen LogP contribution in [0.5, 0.6) is 0 Å². The van der Waals surface area contributed by atoms with E-state index in [1.807, 2.05) is 107 Å². The van der Waals surface area contributed by atoms with Gasteiger partial charge in [-0.15, -0.1) is 0 Å². The van der Waals surface area contributed by atoms with Gasteiger partial charge in [0.1, 0.15) is 28.4 Å². The van der Waals surface area contributed by atoms with E-state index in [1.165, 1.54) is 12.1 Å². The van der Waals surface area contributed by atoms with Crippen molar-refractivity contribution in [3.63, 3.8) is 0 Å². The minimum Gasteiger partial charge on any atom is -0.454 e. The molecule has 17 rings (SSSR count). The van der Waals surface area contributed by atoms with E-state index in [0.717, 1.165) is 104 Å². The van der Waals surface area contributed by atoms with Gasteiger partial charge in [0.05, 0.1) is 39.5 Å². The number of anilines is 6. The molecule has 15 aromatic rings. The molecule has 0 amide bonds. The third-order valence-electron chi connectivity index (χ3n) is 16.6. The van der Waals surface area contributed by atoms with E-state index in [0.29, 0.717) is 50.8 Å². The Bertz CT molecular complexity index is 5020. The van der Waals surface area contributed by atoms with Crippen LogP contribution in [0.1, 0.15) is 22.3 Å². The quantitative estimate of drug-likeness (QED) is 0.166. The van der Waals surface area contributed by atoms with Crippen molar-refractivity contribution in [1.29, 1.82) is 0 Å². The third-order valence-corrected chi connectivity index (χ3v) is 16.6. The van der Waals surface area contributed by atoms with Crippen molar-refractivity contribution in [3.05, 3.63) is 277 Å². The van der Waals surface area contributed by atoms with Crippen molar-refractivity contribution in [2.24, 2.45) is 0 Å². The lowest BCUT2D eigenvalue weighted by molar-refractivity contribution is 0.627. The van der Waals surface area contributed by atoms with Crippen molar-refractivity contribution in [1.82, 2.24) is 0 Å². The number of fused-ring (bicyclic) bond motifs is 19. The molecule has 0 fully saturated rings. The lowest BCUT2D eigenvalue weighted by Gasteiger charge is -2.41. The molecule has 0 aliphatic heterocycles. The summed E-state index contributed by atoms with van der Waals surface area (Å²) in [6.45, 7) is 0. The van der Waals surface area contributed by atoms with Crippen molar-refractivity contribution in [2.45, 2.75) is 5.41 Å². The molecule has 0 N–H and O–H groups in total. The first-order chi connectivity index (χ1) is 38.6. The molecule has 3 heterocycles. The van der Waals surface area contributed by atoms with Gasteiger partial charge in [0.25, 0.3) is 0 Å². The summed E-state index contributed by atoms with van der Waals surface area (Å²) in [5, 5.41) is 7.53. The second-order valence-corrected chi connectivity index (χ2v) is 20.4.